The maximum atomic E-state index is 13.1. The number of carbonyl (C=O) groups excluding carboxylic acids is 1. The SMILES string of the molecule is COc1ccc(C#Cc2cncc(C(=O)N=S(C)(=O)c3ccc(C)c(C)c3)c2)c(C)c1. The molecule has 0 radical (unpaired) electrons. The van der Waals surface area contributed by atoms with Gasteiger partial charge in [-0.05, 0) is 73.9 Å². The zero-order valence-electron chi connectivity index (χ0n) is 18.2. The van der Waals surface area contributed by atoms with Gasteiger partial charge in [0.15, 0.2) is 0 Å². The Kier molecular flexibility index (Phi) is 6.57. The van der Waals surface area contributed by atoms with Crippen molar-refractivity contribution < 1.29 is 13.7 Å². The van der Waals surface area contributed by atoms with Gasteiger partial charge >= 0.3 is 0 Å². The fraction of sp³-hybridized carbons (Fsp3) is 0.200. The number of aryl methyl sites for hydroxylation is 3. The summed E-state index contributed by atoms with van der Waals surface area (Å²) < 4.78 is 22.3. The fourth-order valence-electron chi connectivity index (χ4n) is 2.88. The molecule has 6 heteroatoms. The van der Waals surface area contributed by atoms with Crippen LogP contribution in [0.4, 0.5) is 0 Å². The summed E-state index contributed by atoms with van der Waals surface area (Å²) in [6, 6.07) is 12.7. The maximum Gasteiger partial charge on any atom is 0.286 e. The first-order chi connectivity index (χ1) is 14.7. The third-order valence-corrected chi connectivity index (χ3v) is 6.58. The summed E-state index contributed by atoms with van der Waals surface area (Å²) in [6.07, 6.45) is 4.46. The van der Waals surface area contributed by atoms with Crippen LogP contribution in [0.1, 0.15) is 38.2 Å². The first-order valence-corrected chi connectivity index (χ1v) is 11.6. The fourth-order valence-corrected chi connectivity index (χ4v) is 4.12. The number of methoxy groups -OCH3 is 1. The molecule has 3 aromatic rings. The molecule has 0 spiro atoms. The highest BCUT2D eigenvalue weighted by Crippen LogP contribution is 2.18. The zero-order valence-corrected chi connectivity index (χ0v) is 19.0. The van der Waals surface area contributed by atoms with Crippen molar-refractivity contribution in [3.8, 4) is 17.6 Å². The number of pyridine rings is 1. The monoisotopic (exact) mass is 432 g/mol. The van der Waals surface area contributed by atoms with Crippen molar-refractivity contribution in [2.75, 3.05) is 13.4 Å². The Labute approximate surface area is 183 Å². The van der Waals surface area contributed by atoms with Crippen LogP contribution in [0, 0.1) is 32.6 Å². The molecule has 1 atom stereocenters. The molecule has 3 rings (SSSR count). The molecule has 0 N–H and O–H groups in total. The minimum Gasteiger partial charge on any atom is -0.497 e. The molecule has 1 heterocycles. The van der Waals surface area contributed by atoms with Crippen LogP contribution >= 0.6 is 0 Å². The van der Waals surface area contributed by atoms with E-state index in [-0.39, 0.29) is 5.56 Å². The lowest BCUT2D eigenvalue weighted by atomic mass is 10.1. The highest BCUT2D eigenvalue weighted by atomic mass is 32.2. The molecule has 1 unspecified atom stereocenters. The molecule has 0 saturated heterocycles. The van der Waals surface area contributed by atoms with Crippen molar-refractivity contribution >= 4 is 15.6 Å². The Bertz CT molecular complexity index is 1340. The van der Waals surface area contributed by atoms with Crippen LogP contribution in [0.2, 0.25) is 0 Å². The normalized spacial score (nSPS) is 12.3. The quantitative estimate of drug-likeness (QED) is 0.562. The topological polar surface area (TPSA) is 68.6 Å². The summed E-state index contributed by atoms with van der Waals surface area (Å²) in [5.41, 5.74) is 4.76. The molecule has 0 fully saturated rings. The van der Waals surface area contributed by atoms with Crippen molar-refractivity contribution in [2.45, 2.75) is 25.7 Å². The van der Waals surface area contributed by atoms with Crippen molar-refractivity contribution in [1.29, 1.82) is 0 Å². The molecule has 0 aliphatic heterocycles. The Balaban J connectivity index is 1.89. The van der Waals surface area contributed by atoms with Crippen LogP contribution < -0.4 is 4.74 Å². The summed E-state index contributed by atoms with van der Waals surface area (Å²) >= 11 is 0. The molecule has 1 aromatic heterocycles. The van der Waals surface area contributed by atoms with Gasteiger partial charge in [-0.2, -0.15) is 4.36 Å². The number of ether oxygens (including phenoxy) is 1. The van der Waals surface area contributed by atoms with E-state index in [9.17, 15) is 9.00 Å². The molecular weight excluding hydrogens is 408 g/mol. The lowest BCUT2D eigenvalue weighted by Gasteiger charge is -2.07. The smallest absolute Gasteiger partial charge is 0.286 e. The number of nitrogens with zero attached hydrogens (tertiary/aromatic N) is 2. The summed E-state index contributed by atoms with van der Waals surface area (Å²) in [7, 11) is -1.26. The summed E-state index contributed by atoms with van der Waals surface area (Å²) in [5.74, 6) is 6.30. The van der Waals surface area contributed by atoms with Gasteiger partial charge in [-0.3, -0.25) is 9.78 Å². The van der Waals surface area contributed by atoms with Gasteiger partial charge in [0, 0.05) is 34.7 Å². The Morgan fingerprint density at radius 1 is 0.968 bits per heavy atom. The van der Waals surface area contributed by atoms with E-state index in [0.717, 1.165) is 28.0 Å². The van der Waals surface area contributed by atoms with E-state index in [1.54, 1.807) is 25.4 Å². The second kappa shape index (κ2) is 9.15. The molecule has 158 valence electrons. The number of aromatic nitrogens is 1. The average molecular weight is 433 g/mol. The van der Waals surface area contributed by atoms with Gasteiger partial charge < -0.3 is 4.74 Å². The van der Waals surface area contributed by atoms with E-state index < -0.39 is 15.6 Å². The maximum absolute atomic E-state index is 13.1. The van der Waals surface area contributed by atoms with Crippen molar-refractivity contribution in [3.63, 3.8) is 0 Å². The lowest BCUT2D eigenvalue weighted by molar-refractivity contribution is 0.100. The van der Waals surface area contributed by atoms with E-state index in [0.29, 0.717) is 10.5 Å². The van der Waals surface area contributed by atoms with Crippen molar-refractivity contribution in [1.82, 2.24) is 4.98 Å². The molecule has 0 saturated carbocycles. The van der Waals surface area contributed by atoms with Gasteiger partial charge in [-0.1, -0.05) is 17.9 Å². The molecule has 0 bridgehead atoms. The summed E-state index contributed by atoms with van der Waals surface area (Å²) in [4.78, 5) is 17.3. The van der Waals surface area contributed by atoms with Crippen LogP contribution in [-0.4, -0.2) is 28.5 Å². The average Bonchev–Trinajstić information content (AvgIpc) is 2.74. The van der Waals surface area contributed by atoms with Crippen LogP contribution in [-0.2, 0) is 9.73 Å². The molecule has 31 heavy (non-hydrogen) atoms. The van der Waals surface area contributed by atoms with Crippen molar-refractivity contribution in [3.05, 3.63) is 88.2 Å². The third-order valence-electron chi connectivity index (χ3n) is 4.93. The second-order valence-corrected chi connectivity index (χ2v) is 9.60. The number of rotatable bonds is 3. The predicted octanol–water partition coefficient (Wildman–Crippen LogP) is 4.71. The predicted molar refractivity (Wildman–Crippen MR) is 123 cm³/mol. The number of benzene rings is 2. The van der Waals surface area contributed by atoms with Crippen LogP contribution in [0.3, 0.4) is 0 Å². The van der Waals surface area contributed by atoms with Gasteiger partial charge in [-0.25, -0.2) is 4.21 Å². The number of hydrogen-bond acceptors (Lipinski definition) is 4. The standard InChI is InChI=1S/C25H24N2O3S/c1-17-6-11-24(13-18(17)2)31(5,29)27-25(28)22-14-20(15-26-16-22)7-8-21-9-10-23(30-4)12-19(21)3/h6,9-16H,1-5H3. The summed E-state index contributed by atoms with van der Waals surface area (Å²) in [6.45, 7) is 5.87. The number of carbonyl (C=O) groups is 1. The molecule has 1 amide bonds. The number of amides is 1. The van der Waals surface area contributed by atoms with Gasteiger partial charge in [0.1, 0.15) is 5.75 Å². The number of hydrogen-bond donors (Lipinski definition) is 0. The van der Waals surface area contributed by atoms with Gasteiger partial charge in [0.25, 0.3) is 5.91 Å². The largest absolute Gasteiger partial charge is 0.497 e. The molecular formula is C25H24N2O3S. The highest BCUT2D eigenvalue weighted by Gasteiger charge is 2.13. The van der Waals surface area contributed by atoms with Gasteiger partial charge in [0.2, 0.25) is 0 Å². The molecule has 5 nitrogen and oxygen atoms in total. The van der Waals surface area contributed by atoms with E-state index in [4.69, 9.17) is 4.74 Å². The molecule has 0 aliphatic rings. The van der Waals surface area contributed by atoms with E-state index >= 15 is 0 Å². The first kappa shape index (κ1) is 22.3. The van der Waals surface area contributed by atoms with E-state index in [1.165, 1.54) is 12.5 Å². The second-order valence-electron chi connectivity index (χ2n) is 7.34. The summed E-state index contributed by atoms with van der Waals surface area (Å²) in [5, 5.41) is 0. The molecule has 0 aliphatic carbocycles. The lowest BCUT2D eigenvalue weighted by Crippen LogP contribution is -2.05. The van der Waals surface area contributed by atoms with Crippen LogP contribution in [0.15, 0.2) is 64.1 Å². The minimum atomic E-state index is -2.88. The Hall–Kier alpha value is -3.43. The third kappa shape index (κ3) is 5.39. The Morgan fingerprint density at radius 3 is 2.42 bits per heavy atom. The highest BCUT2D eigenvalue weighted by molar-refractivity contribution is 7.93. The zero-order chi connectivity index (χ0) is 22.6. The minimum absolute atomic E-state index is 0.247. The van der Waals surface area contributed by atoms with Gasteiger partial charge in [-0.15, -0.1) is 0 Å². The van der Waals surface area contributed by atoms with Crippen LogP contribution in [0.25, 0.3) is 0 Å². The van der Waals surface area contributed by atoms with Crippen molar-refractivity contribution in [2.24, 2.45) is 4.36 Å². The van der Waals surface area contributed by atoms with Crippen LogP contribution in [0.5, 0.6) is 5.75 Å². The Morgan fingerprint density at radius 2 is 1.74 bits per heavy atom. The van der Waals surface area contributed by atoms with E-state index in [2.05, 4.69) is 21.2 Å². The van der Waals surface area contributed by atoms with E-state index in [1.807, 2.05) is 51.1 Å². The molecule has 2 aromatic carbocycles. The van der Waals surface area contributed by atoms with Gasteiger partial charge in [0.05, 0.1) is 22.4 Å². The first-order valence-electron chi connectivity index (χ1n) is 9.65.